The summed E-state index contributed by atoms with van der Waals surface area (Å²) in [5.41, 5.74) is 2.33. The lowest BCUT2D eigenvalue weighted by atomic mass is 10.00. The molecule has 2 N–H and O–H groups in total. The fourth-order valence-electron chi connectivity index (χ4n) is 2.91. The second kappa shape index (κ2) is 6.68. The number of hydrogen-bond acceptors (Lipinski definition) is 4. The number of aliphatic hydroxyl groups is 1. The van der Waals surface area contributed by atoms with Gasteiger partial charge in [0.15, 0.2) is 5.13 Å². The van der Waals surface area contributed by atoms with Crippen LogP contribution in [-0.4, -0.2) is 40.7 Å². The number of urea groups is 1. The summed E-state index contributed by atoms with van der Waals surface area (Å²) in [6, 6.07) is 7.99. The molecule has 6 heteroatoms. The molecule has 1 aliphatic heterocycles. The summed E-state index contributed by atoms with van der Waals surface area (Å²) in [6.07, 6.45) is 1.80. The van der Waals surface area contributed by atoms with E-state index in [1.54, 1.807) is 11.1 Å². The minimum Gasteiger partial charge on any atom is -0.396 e. The maximum atomic E-state index is 12.3. The summed E-state index contributed by atoms with van der Waals surface area (Å²) in [5.74, 6) is 0.490. The first-order valence-corrected chi connectivity index (χ1v) is 8.58. The van der Waals surface area contributed by atoms with Crippen LogP contribution in [-0.2, 0) is 0 Å². The Labute approximate surface area is 140 Å². The molecule has 0 unspecified atom stereocenters. The number of carbonyl (C=O) groups is 1. The number of aryl methyl sites for hydroxylation is 1. The van der Waals surface area contributed by atoms with Crippen molar-refractivity contribution in [3.63, 3.8) is 0 Å². The van der Waals surface area contributed by atoms with Gasteiger partial charge in [-0.1, -0.05) is 42.5 Å². The molecule has 5 nitrogen and oxygen atoms in total. The van der Waals surface area contributed by atoms with Crippen molar-refractivity contribution < 1.29 is 9.90 Å². The molecule has 0 aliphatic carbocycles. The van der Waals surface area contributed by atoms with Gasteiger partial charge in [-0.3, -0.25) is 5.32 Å². The van der Waals surface area contributed by atoms with E-state index in [0.29, 0.717) is 24.1 Å². The van der Waals surface area contributed by atoms with E-state index in [4.69, 9.17) is 0 Å². The number of nitrogens with one attached hydrogen (secondary N) is 1. The molecule has 1 saturated heterocycles. The zero-order valence-corrected chi connectivity index (χ0v) is 14.1. The third-order valence-electron chi connectivity index (χ3n) is 4.42. The highest BCUT2D eigenvalue weighted by Gasteiger charge is 2.32. The van der Waals surface area contributed by atoms with Crippen molar-refractivity contribution in [2.75, 3.05) is 25.0 Å². The van der Waals surface area contributed by atoms with Crippen LogP contribution < -0.4 is 5.32 Å². The number of thiazole rings is 1. The molecular formula is C17H21N3O2S. The number of rotatable bonds is 3. The van der Waals surface area contributed by atoms with Crippen molar-refractivity contribution in [3.8, 4) is 10.4 Å². The van der Waals surface area contributed by atoms with E-state index in [0.717, 1.165) is 10.4 Å². The molecular weight excluding hydrogens is 310 g/mol. The second-order valence-electron chi connectivity index (χ2n) is 6.10. The van der Waals surface area contributed by atoms with Crippen LogP contribution in [0.1, 0.15) is 12.5 Å². The van der Waals surface area contributed by atoms with Crippen molar-refractivity contribution in [2.24, 2.45) is 11.8 Å². The molecule has 0 saturated carbocycles. The fraction of sp³-hybridized carbons (Fsp3) is 0.412. The van der Waals surface area contributed by atoms with Gasteiger partial charge >= 0.3 is 6.03 Å². The van der Waals surface area contributed by atoms with Gasteiger partial charge in [0, 0.05) is 31.8 Å². The molecule has 122 valence electrons. The first-order chi connectivity index (χ1) is 11.1. The number of hydrogen-bond donors (Lipinski definition) is 2. The van der Waals surface area contributed by atoms with Crippen molar-refractivity contribution in [1.82, 2.24) is 9.88 Å². The fourth-order valence-corrected chi connectivity index (χ4v) is 3.81. The normalized spacial score (nSPS) is 20.7. The number of aromatic nitrogens is 1. The second-order valence-corrected chi connectivity index (χ2v) is 7.13. The van der Waals surface area contributed by atoms with Gasteiger partial charge in [-0.05, 0) is 24.0 Å². The number of carbonyl (C=O) groups excluding carboxylic acids is 1. The summed E-state index contributed by atoms with van der Waals surface area (Å²) in [6.45, 7) is 5.52. The van der Waals surface area contributed by atoms with E-state index in [2.05, 4.69) is 36.3 Å². The maximum Gasteiger partial charge on any atom is 0.323 e. The van der Waals surface area contributed by atoms with Gasteiger partial charge < -0.3 is 10.0 Å². The smallest absolute Gasteiger partial charge is 0.323 e. The SMILES string of the molecule is Cc1ccccc1-c1cnc(NC(=O)N2C[C@@H](CO)[C@H](C)C2)s1. The largest absolute Gasteiger partial charge is 0.396 e. The van der Waals surface area contributed by atoms with Gasteiger partial charge in [0.05, 0.1) is 4.88 Å². The first kappa shape index (κ1) is 16.0. The van der Waals surface area contributed by atoms with Crippen LogP contribution in [0.3, 0.4) is 0 Å². The molecule has 23 heavy (non-hydrogen) atoms. The first-order valence-electron chi connectivity index (χ1n) is 7.77. The lowest BCUT2D eigenvalue weighted by molar-refractivity contribution is 0.202. The lowest BCUT2D eigenvalue weighted by Gasteiger charge is -2.15. The van der Waals surface area contributed by atoms with Gasteiger partial charge in [0.2, 0.25) is 0 Å². The number of benzene rings is 1. The number of likely N-dealkylation sites (tertiary alicyclic amines) is 1. The summed E-state index contributed by atoms with van der Waals surface area (Å²) >= 11 is 1.48. The molecule has 3 rings (SSSR count). The maximum absolute atomic E-state index is 12.3. The van der Waals surface area contributed by atoms with Crippen molar-refractivity contribution in [2.45, 2.75) is 13.8 Å². The van der Waals surface area contributed by atoms with E-state index in [1.807, 2.05) is 12.1 Å². The summed E-state index contributed by atoms with van der Waals surface area (Å²) < 4.78 is 0. The third-order valence-corrected chi connectivity index (χ3v) is 5.37. The summed E-state index contributed by atoms with van der Waals surface area (Å²) in [5, 5.41) is 12.8. The Bertz CT molecular complexity index is 701. The Morgan fingerprint density at radius 3 is 2.91 bits per heavy atom. The zero-order valence-electron chi connectivity index (χ0n) is 13.3. The predicted molar refractivity (Wildman–Crippen MR) is 92.6 cm³/mol. The highest BCUT2D eigenvalue weighted by Crippen LogP contribution is 2.31. The number of amides is 2. The molecule has 2 aromatic rings. The Hall–Kier alpha value is -1.92. The average molecular weight is 331 g/mol. The summed E-state index contributed by atoms with van der Waals surface area (Å²) in [4.78, 5) is 19.4. The molecule has 0 radical (unpaired) electrons. The average Bonchev–Trinajstić information content (AvgIpc) is 3.14. The molecule has 1 aromatic heterocycles. The highest BCUT2D eigenvalue weighted by atomic mass is 32.1. The van der Waals surface area contributed by atoms with Crippen LogP contribution in [0.2, 0.25) is 0 Å². The molecule has 1 aromatic carbocycles. The standard InChI is InChI=1S/C17H21N3O2S/c1-11-5-3-4-6-14(11)15-7-18-16(23-15)19-17(22)20-8-12(2)13(9-20)10-21/h3-7,12-13,21H,8-10H2,1-2H3,(H,18,19,22)/t12-,13+/m1/s1. The van der Waals surface area contributed by atoms with Gasteiger partial charge in [0.25, 0.3) is 0 Å². The van der Waals surface area contributed by atoms with Crippen LogP contribution in [0.4, 0.5) is 9.93 Å². The number of nitrogens with zero attached hydrogens (tertiary/aromatic N) is 2. The van der Waals surface area contributed by atoms with Crippen LogP contribution >= 0.6 is 11.3 Å². The molecule has 1 aliphatic rings. The van der Waals surface area contributed by atoms with Gasteiger partial charge in [-0.2, -0.15) is 0 Å². The van der Waals surface area contributed by atoms with E-state index in [1.165, 1.54) is 16.9 Å². The zero-order chi connectivity index (χ0) is 16.4. The van der Waals surface area contributed by atoms with Crippen molar-refractivity contribution >= 4 is 22.5 Å². The minimum absolute atomic E-state index is 0.125. The van der Waals surface area contributed by atoms with E-state index in [9.17, 15) is 9.90 Å². The van der Waals surface area contributed by atoms with Crippen molar-refractivity contribution in [3.05, 3.63) is 36.0 Å². The molecule has 0 bridgehead atoms. The quantitative estimate of drug-likeness (QED) is 0.907. The van der Waals surface area contributed by atoms with Crippen molar-refractivity contribution in [1.29, 1.82) is 0 Å². The number of aliphatic hydroxyl groups excluding tert-OH is 1. The van der Waals surface area contributed by atoms with Gasteiger partial charge in [-0.15, -0.1) is 0 Å². The Morgan fingerprint density at radius 1 is 1.43 bits per heavy atom. The highest BCUT2D eigenvalue weighted by molar-refractivity contribution is 7.19. The molecule has 2 heterocycles. The third kappa shape index (κ3) is 3.38. The van der Waals surface area contributed by atoms with E-state index < -0.39 is 0 Å². The predicted octanol–water partition coefficient (Wildman–Crippen LogP) is 3.21. The van der Waals surface area contributed by atoms with Crippen LogP contribution in [0.5, 0.6) is 0 Å². The molecule has 0 spiro atoms. The monoisotopic (exact) mass is 331 g/mol. The summed E-state index contributed by atoms with van der Waals surface area (Å²) in [7, 11) is 0. The van der Waals surface area contributed by atoms with Crippen LogP contribution in [0, 0.1) is 18.8 Å². The van der Waals surface area contributed by atoms with Gasteiger partial charge in [0.1, 0.15) is 0 Å². The molecule has 1 fully saturated rings. The van der Waals surface area contributed by atoms with Crippen LogP contribution in [0.25, 0.3) is 10.4 Å². The minimum atomic E-state index is -0.140. The molecule has 2 atom stereocenters. The Balaban J connectivity index is 1.68. The Morgan fingerprint density at radius 2 is 2.22 bits per heavy atom. The van der Waals surface area contributed by atoms with E-state index >= 15 is 0 Å². The Kier molecular flexibility index (Phi) is 4.63. The van der Waals surface area contributed by atoms with Gasteiger partial charge in [-0.25, -0.2) is 9.78 Å². The topological polar surface area (TPSA) is 65.5 Å². The van der Waals surface area contributed by atoms with Crippen LogP contribution in [0.15, 0.2) is 30.5 Å². The van der Waals surface area contributed by atoms with E-state index in [-0.39, 0.29) is 18.6 Å². The lowest BCUT2D eigenvalue weighted by Crippen LogP contribution is -2.33. The molecule has 2 amide bonds. The number of anilines is 1.